The summed E-state index contributed by atoms with van der Waals surface area (Å²) in [5.74, 6) is -0.126. The zero-order chi connectivity index (χ0) is 15.1. The third kappa shape index (κ3) is 4.58. The lowest BCUT2D eigenvalue weighted by atomic mass is 10.2. The van der Waals surface area contributed by atoms with E-state index in [2.05, 4.69) is 21.2 Å². The van der Waals surface area contributed by atoms with Gasteiger partial charge in [0.2, 0.25) is 5.91 Å². The zero-order valence-electron chi connectivity index (χ0n) is 11.5. The van der Waals surface area contributed by atoms with E-state index in [1.807, 2.05) is 59.5 Å². The standard InChI is InChI=1S/C16H17BrN2O2/c17-14-8-4-5-9-15(14)18-16(21)12-19(10-11-20)13-6-2-1-3-7-13/h1-9,20H,10-12H2,(H,18,21). The Kier molecular flexibility index (Phi) is 5.78. The molecular formula is C16H17BrN2O2. The van der Waals surface area contributed by atoms with Crippen molar-refractivity contribution in [3.63, 3.8) is 0 Å². The van der Waals surface area contributed by atoms with Gasteiger partial charge in [-0.1, -0.05) is 30.3 Å². The number of benzene rings is 2. The molecule has 0 aliphatic carbocycles. The summed E-state index contributed by atoms with van der Waals surface area (Å²) in [4.78, 5) is 14.0. The molecule has 0 heterocycles. The molecule has 2 aromatic rings. The number of para-hydroxylation sites is 2. The van der Waals surface area contributed by atoms with Gasteiger partial charge in [0.25, 0.3) is 0 Å². The summed E-state index contributed by atoms with van der Waals surface area (Å²) in [5.41, 5.74) is 1.65. The Balaban J connectivity index is 2.04. The number of aliphatic hydroxyl groups excluding tert-OH is 1. The smallest absolute Gasteiger partial charge is 0.243 e. The van der Waals surface area contributed by atoms with Gasteiger partial charge in [0.05, 0.1) is 18.8 Å². The molecule has 0 aliphatic heterocycles. The summed E-state index contributed by atoms with van der Waals surface area (Å²) in [6, 6.07) is 17.0. The molecule has 0 atom stereocenters. The summed E-state index contributed by atoms with van der Waals surface area (Å²) >= 11 is 3.40. The van der Waals surface area contributed by atoms with Crippen LogP contribution in [0.4, 0.5) is 11.4 Å². The number of amides is 1. The summed E-state index contributed by atoms with van der Waals surface area (Å²) < 4.78 is 0.840. The molecule has 0 aliphatic rings. The normalized spacial score (nSPS) is 10.2. The van der Waals surface area contributed by atoms with Crippen molar-refractivity contribution in [2.45, 2.75) is 0 Å². The predicted molar refractivity (Wildman–Crippen MR) is 88.5 cm³/mol. The van der Waals surface area contributed by atoms with E-state index in [0.717, 1.165) is 15.8 Å². The minimum absolute atomic E-state index is 0.00277. The lowest BCUT2D eigenvalue weighted by Gasteiger charge is -2.23. The molecule has 0 unspecified atom stereocenters. The molecule has 5 heteroatoms. The van der Waals surface area contributed by atoms with Gasteiger partial charge in [-0.25, -0.2) is 0 Å². The first-order chi connectivity index (χ1) is 10.2. The van der Waals surface area contributed by atoms with E-state index in [0.29, 0.717) is 6.54 Å². The van der Waals surface area contributed by atoms with Crippen LogP contribution in [0.2, 0.25) is 0 Å². The molecule has 110 valence electrons. The Bertz CT molecular complexity index is 590. The summed E-state index contributed by atoms with van der Waals surface area (Å²) in [6.07, 6.45) is 0. The fourth-order valence-corrected chi connectivity index (χ4v) is 2.37. The Morgan fingerprint density at radius 2 is 1.76 bits per heavy atom. The molecule has 2 rings (SSSR count). The van der Waals surface area contributed by atoms with E-state index in [9.17, 15) is 4.79 Å². The van der Waals surface area contributed by atoms with Gasteiger partial charge < -0.3 is 15.3 Å². The number of nitrogens with one attached hydrogen (secondary N) is 1. The first-order valence-corrected chi connectivity index (χ1v) is 7.45. The summed E-state index contributed by atoms with van der Waals surface area (Å²) in [7, 11) is 0. The maximum Gasteiger partial charge on any atom is 0.243 e. The van der Waals surface area contributed by atoms with E-state index in [1.54, 1.807) is 0 Å². The number of carbonyl (C=O) groups is 1. The number of hydrogen-bond donors (Lipinski definition) is 2. The Morgan fingerprint density at radius 1 is 1.10 bits per heavy atom. The molecule has 2 aromatic carbocycles. The topological polar surface area (TPSA) is 52.6 Å². The molecule has 0 fully saturated rings. The number of aliphatic hydroxyl groups is 1. The minimum atomic E-state index is -0.126. The van der Waals surface area contributed by atoms with Gasteiger partial charge >= 0.3 is 0 Å². The fraction of sp³-hybridized carbons (Fsp3) is 0.188. The fourth-order valence-electron chi connectivity index (χ4n) is 1.98. The second kappa shape index (κ2) is 7.81. The number of anilines is 2. The van der Waals surface area contributed by atoms with Gasteiger partial charge in [-0.3, -0.25) is 4.79 Å². The van der Waals surface area contributed by atoms with Gasteiger partial charge in [-0.2, -0.15) is 0 Å². The van der Waals surface area contributed by atoms with Crippen molar-refractivity contribution in [1.82, 2.24) is 0 Å². The zero-order valence-corrected chi connectivity index (χ0v) is 13.1. The van der Waals surface area contributed by atoms with Crippen molar-refractivity contribution < 1.29 is 9.90 Å². The van der Waals surface area contributed by atoms with Crippen molar-refractivity contribution in [2.24, 2.45) is 0 Å². The molecule has 4 nitrogen and oxygen atoms in total. The molecule has 2 N–H and O–H groups in total. The average Bonchev–Trinajstić information content (AvgIpc) is 2.50. The quantitative estimate of drug-likeness (QED) is 0.843. The first-order valence-electron chi connectivity index (χ1n) is 6.66. The molecule has 0 saturated carbocycles. The van der Waals surface area contributed by atoms with Crippen molar-refractivity contribution >= 4 is 33.2 Å². The lowest BCUT2D eigenvalue weighted by Crippen LogP contribution is -2.35. The van der Waals surface area contributed by atoms with Crippen LogP contribution < -0.4 is 10.2 Å². The van der Waals surface area contributed by atoms with E-state index in [1.165, 1.54) is 0 Å². The second-order valence-electron chi connectivity index (χ2n) is 4.51. The highest BCUT2D eigenvalue weighted by Crippen LogP contribution is 2.21. The second-order valence-corrected chi connectivity index (χ2v) is 5.36. The van der Waals surface area contributed by atoms with Crippen LogP contribution in [0, 0.1) is 0 Å². The summed E-state index contributed by atoms with van der Waals surface area (Å²) in [5, 5.41) is 12.0. The van der Waals surface area contributed by atoms with Crippen LogP contribution in [-0.2, 0) is 4.79 Å². The molecule has 21 heavy (non-hydrogen) atoms. The van der Waals surface area contributed by atoms with Crippen molar-refractivity contribution in [3.05, 3.63) is 59.1 Å². The summed E-state index contributed by atoms with van der Waals surface area (Å²) in [6.45, 7) is 0.594. The Morgan fingerprint density at radius 3 is 2.43 bits per heavy atom. The van der Waals surface area contributed by atoms with Crippen LogP contribution in [0.1, 0.15) is 0 Å². The highest BCUT2D eigenvalue weighted by molar-refractivity contribution is 9.10. The largest absolute Gasteiger partial charge is 0.395 e. The van der Waals surface area contributed by atoms with Crippen molar-refractivity contribution in [2.75, 3.05) is 29.9 Å². The van der Waals surface area contributed by atoms with Crippen LogP contribution in [0.15, 0.2) is 59.1 Å². The molecule has 1 amide bonds. The van der Waals surface area contributed by atoms with Crippen molar-refractivity contribution in [1.29, 1.82) is 0 Å². The average molecular weight is 349 g/mol. The van der Waals surface area contributed by atoms with Gasteiger partial charge in [0.15, 0.2) is 0 Å². The maximum atomic E-state index is 12.2. The Hall–Kier alpha value is -1.85. The molecule has 0 spiro atoms. The lowest BCUT2D eigenvalue weighted by molar-refractivity contribution is -0.115. The maximum absolute atomic E-state index is 12.2. The van der Waals surface area contributed by atoms with Crippen molar-refractivity contribution in [3.8, 4) is 0 Å². The number of hydrogen-bond acceptors (Lipinski definition) is 3. The first kappa shape index (κ1) is 15.5. The highest BCUT2D eigenvalue weighted by atomic mass is 79.9. The highest BCUT2D eigenvalue weighted by Gasteiger charge is 2.12. The van der Waals surface area contributed by atoms with E-state index in [4.69, 9.17) is 5.11 Å². The molecule has 0 aromatic heterocycles. The van der Waals surface area contributed by atoms with Gasteiger partial charge in [-0.15, -0.1) is 0 Å². The van der Waals surface area contributed by atoms with E-state index >= 15 is 0 Å². The van der Waals surface area contributed by atoms with E-state index < -0.39 is 0 Å². The van der Waals surface area contributed by atoms with E-state index in [-0.39, 0.29) is 19.1 Å². The van der Waals surface area contributed by atoms with Crippen LogP contribution in [0.3, 0.4) is 0 Å². The number of halogens is 1. The SMILES string of the molecule is O=C(CN(CCO)c1ccccc1)Nc1ccccc1Br. The predicted octanol–water partition coefficient (Wildman–Crippen LogP) is 2.89. The third-order valence-electron chi connectivity index (χ3n) is 2.97. The van der Waals surface area contributed by atoms with Gasteiger partial charge in [-0.05, 0) is 40.2 Å². The van der Waals surface area contributed by atoms with Crippen LogP contribution in [-0.4, -0.2) is 30.7 Å². The molecule has 0 radical (unpaired) electrons. The number of rotatable bonds is 6. The molecular weight excluding hydrogens is 332 g/mol. The Labute approximate surface area is 132 Å². The van der Waals surface area contributed by atoms with Gasteiger partial charge in [0.1, 0.15) is 0 Å². The molecule has 0 bridgehead atoms. The van der Waals surface area contributed by atoms with Crippen LogP contribution in [0.25, 0.3) is 0 Å². The third-order valence-corrected chi connectivity index (χ3v) is 3.67. The van der Waals surface area contributed by atoms with Crippen LogP contribution in [0.5, 0.6) is 0 Å². The minimum Gasteiger partial charge on any atom is -0.395 e. The number of nitrogens with zero attached hydrogens (tertiary/aromatic N) is 1. The monoisotopic (exact) mass is 348 g/mol. The molecule has 0 saturated heterocycles. The van der Waals surface area contributed by atoms with Gasteiger partial charge in [0, 0.05) is 16.7 Å². The van der Waals surface area contributed by atoms with Crippen LogP contribution >= 0.6 is 15.9 Å². The number of carbonyl (C=O) groups excluding carboxylic acids is 1.